The average Bonchev–Trinajstić information content (AvgIpc) is 2.66. The fourth-order valence-electron chi connectivity index (χ4n) is 2.08. The summed E-state index contributed by atoms with van der Waals surface area (Å²) in [5.41, 5.74) is 0. The van der Waals surface area contributed by atoms with E-state index in [1.165, 1.54) is 0 Å². The van der Waals surface area contributed by atoms with Gasteiger partial charge in [0.25, 0.3) is 0 Å². The molecule has 15 heavy (non-hydrogen) atoms. The van der Waals surface area contributed by atoms with Crippen LogP contribution in [0.3, 0.4) is 0 Å². The van der Waals surface area contributed by atoms with Crippen molar-refractivity contribution in [2.75, 3.05) is 13.1 Å². The topological polar surface area (TPSA) is 70.2 Å². The van der Waals surface area contributed by atoms with Crippen LogP contribution < -0.4 is 16.0 Å². The number of carbonyl (C=O) groups is 2. The molecule has 0 aliphatic carbocycles. The van der Waals surface area contributed by atoms with Crippen molar-refractivity contribution in [3.8, 4) is 0 Å². The predicted octanol–water partition coefficient (Wildman–Crippen LogP) is -0.867. The minimum atomic E-state index is -0.299. The van der Waals surface area contributed by atoms with Gasteiger partial charge in [0.15, 0.2) is 0 Å². The lowest BCUT2D eigenvalue weighted by atomic mass is 10.1. The first-order valence-corrected chi connectivity index (χ1v) is 5.56. The quantitative estimate of drug-likeness (QED) is 0.556. The van der Waals surface area contributed by atoms with Crippen molar-refractivity contribution in [2.45, 2.75) is 37.8 Å². The number of rotatable bonds is 2. The van der Waals surface area contributed by atoms with Gasteiger partial charge in [-0.2, -0.15) is 0 Å². The average molecular weight is 211 g/mol. The van der Waals surface area contributed by atoms with Crippen LogP contribution in [0.1, 0.15) is 25.7 Å². The fraction of sp³-hybridized carbons (Fsp3) is 0.800. The Hall–Kier alpha value is -1.10. The van der Waals surface area contributed by atoms with Crippen LogP contribution in [0.2, 0.25) is 0 Å². The molecule has 2 heterocycles. The van der Waals surface area contributed by atoms with Crippen LogP contribution >= 0.6 is 0 Å². The summed E-state index contributed by atoms with van der Waals surface area (Å²) in [4.78, 5) is 22.7. The highest BCUT2D eigenvalue weighted by molar-refractivity contribution is 5.90. The Bertz CT molecular complexity index is 261. The summed E-state index contributed by atoms with van der Waals surface area (Å²) in [6, 6.07) is -0.0244. The maximum absolute atomic E-state index is 11.7. The van der Waals surface area contributed by atoms with E-state index >= 15 is 0 Å². The van der Waals surface area contributed by atoms with Crippen LogP contribution in [0.15, 0.2) is 0 Å². The number of hydrogen-bond acceptors (Lipinski definition) is 3. The second kappa shape index (κ2) is 4.61. The minimum absolute atomic E-state index is 0.0135. The molecule has 0 bridgehead atoms. The van der Waals surface area contributed by atoms with Crippen LogP contribution in [0, 0.1) is 0 Å². The number of amides is 2. The van der Waals surface area contributed by atoms with Gasteiger partial charge in [-0.3, -0.25) is 9.59 Å². The molecule has 5 heteroatoms. The third-order valence-corrected chi connectivity index (χ3v) is 3.00. The lowest BCUT2D eigenvalue weighted by molar-refractivity contribution is -0.126. The van der Waals surface area contributed by atoms with E-state index in [4.69, 9.17) is 0 Å². The Morgan fingerprint density at radius 1 is 1.27 bits per heavy atom. The first-order chi connectivity index (χ1) is 7.25. The summed E-state index contributed by atoms with van der Waals surface area (Å²) in [6.45, 7) is 1.92. The zero-order valence-electron chi connectivity index (χ0n) is 8.71. The maximum Gasteiger partial charge on any atom is 0.242 e. The molecule has 2 amide bonds. The summed E-state index contributed by atoms with van der Waals surface area (Å²) in [7, 11) is 0. The van der Waals surface area contributed by atoms with Crippen molar-refractivity contribution >= 4 is 11.8 Å². The molecule has 3 N–H and O–H groups in total. The number of carbonyl (C=O) groups excluding carboxylic acids is 2. The van der Waals surface area contributed by atoms with E-state index in [9.17, 15) is 9.59 Å². The SMILES string of the molecule is O=C1CCC(C(=O)NC2CCNCC2)N1. The van der Waals surface area contributed by atoms with E-state index < -0.39 is 0 Å². The molecule has 0 spiro atoms. The van der Waals surface area contributed by atoms with Crippen LogP contribution in [0.5, 0.6) is 0 Å². The highest BCUT2D eigenvalue weighted by atomic mass is 16.2. The van der Waals surface area contributed by atoms with Gasteiger partial charge in [-0.15, -0.1) is 0 Å². The smallest absolute Gasteiger partial charge is 0.242 e. The number of piperidine rings is 1. The predicted molar refractivity (Wildman–Crippen MR) is 55.2 cm³/mol. The highest BCUT2D eigenvalue weighted by Gasteiger charge is 2.28. The molecule has 1 unspecified atom stereocenters. The highest BCUT2D eigenvalue weighted by Crippen LogP contribution is 2.08. The van der Waals surface area contributed by atoms with Crippen molar-refractivity contribution in [3.63, 3.8) is 0 Å². The summed E-state index contributed by atoms with van der Waals surface area (Å²) in [5, 5.41) is 8.91. The molecule has 0 aromatic heterocycles. The Balaban J connectivity index is 1.78. The second-order valence-corrected chi connectivity index (χ2v) is 4.19. The molecule has 5 nitrogen and oxygen atoms in total. The summed E-state index contributed by atoms with van der Waals surface area (Å²) < 4.78 is 0. The third kappa shape index (κ3) is 2.68. The van der Waals surface area contributed by atoms with Gasteiger partial charge in [-0.25, -0.2) is 0 Å². The molecule has 84 valence electrons. The summed E-state index contributed by atoms with van der Waals surface area (Å²) >= 11 is 0. The molecule has 0 aromatic carbocycles. The second-order valence-electron chi connectivity index (χ2n) is 4.19. The summed E-state index contributed by atoms with van der Waals surface area (Å²) in [6.07, 6.45) is 3.07. The van der Waals surface area contributed by atoms with E-state index in [1.807, 2.05) is 0 Å². The molecule has 0 aromatic rings. The van der Waals surface area contributed by atoms with Crippen LogP contribution in [0.4, 0.5) is 0 Å². The number of nitrogens with one attached hydrogen (secondary N) is 3. The lowest BCUT2D eigenvalue weighted by Crippen LogP contribution is -2.49. The van der Waals surface area contributed by atoms with Gasteiger partial charge < -0.3 is 16.0 Å². The van der Waals surface area contributed by atoms with Crippen molar-refractivity contribution < 1.29 is 9.59 Å². The zero-order chi connectivity index (χ0) is 10.7. The minimum Gasteiger partial charge on any atom is -0.351 e. The molecule has 2 saturated heterocycles. The number of hydrogen-bond donors (Lipinski definition) is 3. The van der Waals surface area contributed by atoms with Gasteiger partial charge in [-0.05, 0) is 32.4 Å². The fourth-order valence-corrected chi connectivity index (χ4v) is 2.08. The largest absolute Gasteiger partial charge is 0.351 e. The Kier molecular flexibility index (Phi) is 3.20. The maximum atomic E-state index is 11.7. The monoisotopic (exact) mass is 211 g/mol. The van der Waals surface area contributed by atoms with E-state index in [1.54, 1.807) is 0 Å². The van der Waals surface area contributed by atoms with Gasteiger partial charge in [0.05, 0.1) is 0 Å². The molecular weight excluding hydrogens is 194 g/mol. The normalized spacial score (nSPS) is 27.5. The molecular formula is C10H17N3O2. The van der Waals surface area contributed by atoms with E-state index in [0.717, 1.165) is 25.9 Å². The Morgan fingerprint density at radius 3 is 2.60 bits per heavy atom. The molecule has 2 aliphatic heterocycles. The molecule has 2 fully saturated rings. The van der Waals surface area contributed by atoms with Crippen LogP contribution in [0.25, 0.3) is 0 Å². The van der Waals surface area contributed by atoms with Crippen LogP contribution in [-0.2, 0) is 9.59 Å². The lowest BCUT2D eigenvalue weighted by Gasteiger charge is -2.24. The van der Waals surface area contributed by atoms with E-state index in [0.29, 0.717) is 12.8 Å². The van der Waals surface area contributed by atoms with Crippen molar-refractivity contribution in [1.82, 2.24) is 16.0 Å². The summed E-state index contributed by atoms with van der Waals surface area (Å²) in [5.74, 6) is -0.0341. The molecule has 2 aliphatic rings. The first-order valence-electron chi connectivity index (χ1n) is 5.56. The van der Waals surface area contributed by atoms with Gasteiger partial charge in [0.1, 0.15) is 6.04 Å². The van der Waals surface area contributed by atoms with Crippen LogP contribution in [-0.4, -0.2) is 37.0 Å². The molecule has 2 rings (SSSR count). The molecule has 0 radical (unpaired) electrons. The Morgan fingerprint density at radius 2 is 2.00 bits per heavy atom. The van der Waals surface area contributed by atoms with Gasteiger partial charge in [-0.1, -0.05) is 0 Å². The van der Waals surface area contributed by atoms with E-state index in [-0.39, 0.29) is 23.9 Å². The van der Waals surface area contributed by atoms with Gasteiger partial charge in [0, 0.05) is 12.5 Å². The molecule has 0 saturated carbocycles. The standard InChI is InChI=1S/C10H17N3O2/c14-9-2-1-8(13-9)10(15)12-7-3-5-11-6-4-7/h7-8,11H,1-6H2,(H,12,15)(H,13,14). The Labute approximate surface area is 89.0 Å². The van der Waals surface area contributed by atoms with E-state index in [2.05, 4.69) is 16.0 Å². The first kappa shape index (κ1) is 10.4. The van der Waals surface area contributed by atoms with Crippen molar-refractivity contribution in [1.29, 1.82) is 0 Å². The van der Waals surface area contributed by atoms with Crippen molar-refractivity contribution in [2.24, 2.45) is 0 Å². The van der Waals surface area contributed by atoms with Gasteiger partial charge in [0.2, 0.25) is 11.8 Å². The third-order valence-electron chi connectivity index (χ3n) is 3.00. The zero-order valence-corrected chi connectivity index (χ0v) is 8.71. The molecule has 1 atom stereocenters. The van der Waals surface area contributed by atoms with Gasteiger partial charge >= 0.3 is 0 Å². The van der Waals surface area contributed by atoms with Crippen molar-refractivity contribution in [3.05, 3.63) is 0 Å².